The van der Waals surface area contributed by atoms with E-state index in [1.807, 2.05) is 63.2 Å². The maximum atomic E-state index is 12.6. The third kappa shape index (κ3) is 6.37. The molecule has 27 heavy (non-hydrogen) atoms. The monoisotopic (exact) mass is 365 g/mol. The van der Waals surface area contributed by atoms with Crippen molar-refractivity contribution in [3.8, 4) is 0 Å². The third-order valence-corrected chi connectivity index (χ3v) is 4.48. The van der Waals surface area contributed by atoms with Gasteiger partial charge in [-0.2, -0.15) is 0 Å². The summed E-state index contributed by atoms with van der Waals surface area (Å²) in [5.41, 5.74) is 1.82. The molecule has 3 nitrogen and oxygen atoms in total. The summed E-state index contributed by atoms with van der Waals surface area (Å²) in [5.74, 6) is -0.189. The van der Waals surface area contributed by atoms with Gasteiger partial charge in [0, 0.05) is 18.6 Å². The van der Waals surface area contributed by atoms with Crippen LogP contribution in [0.15, 0.2) is 73.3 Å². The average Bonchev–Trinajstić information content (AvgIpc) is 2.64. The zero-order valence-corrected chi connectivity index (χ0v) is 16.9. The summed E-state index contributed by atoms with van der Waals surface area (Å²) in [7, 11) is 0. The molecule has 3 heteroatoms. The predicted octanol–water partition coefficient (Wildman–Crippen LogP) is 5.71. The predicted molar refractivity (Wildman–Crippen MR) is 111 cm³/mol. The molecule has 2 rings (SSSR count). The number of benzene rings is 2. The zero-order valence-electron chi connectivity index (χ0n) is 16.9. The first-order valence-electron chi connectivity index (χ1n) is 9.50. The van der Waals surface area contributed by atoms with Crippen LogP contribution in [0.25, 0.3) is 0 Å². The molecule has 0 unspecified atom stereocenters. The van der Waals surface area contributed by atoms with Crippen molar-refractivity contribution in [2.24, 2.45) is 0 Å². The smallest absolute Gasteiger partial charge is 0.308 e. The van der Waals surface area contributed by atoms with Crippen molar-refractivity contribution in [2.75, 3.05) is 6.54 Å². The molecular weight excluding hydrogens is 334 g/mol. The van der Waals surface area contributed by atoms with Gasteiger partial charge in [0.1, 0.15) is 5.60 Å². The Morgan fingerprint density at radius 1 is 1.04 bits per heavy atom. The van der Waals surface area contributed by atoms with Crippen LogP contribution < -0.4 is 0 Å². The molecule has 2 aromatic carbocycles. The number of nitrogens with zero attached hydrogens (tertiary/aromatic N) is 1. The van der Waals surface area contributed by atoms with E-state index < -0.39 is 5.60 Å². The molecular formula is C24H31NO2. The van der Waals surface area contributed by atoms with E-state index in [2.05, 4.69) is 42.7 Å². The van der Waals surface area contributed by atoms with Crippen LogP contribution in [0, 0.1) is 0 Å². The molecule has 0 heterocycles. The topological polar surface area (TPSA) is 29.5 Å². The number of hydrogen-bond acceptors (Lipinski definition) is 3. The Morgan fingerprint density at radius 2 is 1.56 bits per heavy atom. The molecule has 2 atom stereocenters. The number of hydrogen-bond donors (Lipinski definition) is 0. The summed E-state index contributed by atoms with van der Waals surface area (Å²) in [5, 5.41) is 0. The second kappa shape index (κ2) is 9.52. The fourth-order valence-electron chi connectivity index (χ4n) is 3.27. The van der Waals surface area contributed by atoms with Gasteiger partial charge in [0.25, 0.3) is 0 Å². The van der Waals surface area contributed by atoms with Gasteiger partial charge >= 0.3 is 5.97 Å². The lowest BCUT2D eigenvalue weighted by Gasteiger charge is -2.36. The molecule has 0 fully saturated rings. The van der Waals surface area contributed by atoms with Crippen LogP contribution in [-0.4, -0.2) is 23.0 Å². The maximum Gasteiger partial charge on any atom is 0.308 e. The van der Waals surface area contributed by atoms with Gasteiger partial charge in [-0.15, -0.1) is 6.58 Å². The number of esters is 1. The summed E-state index contributed by atoms with van der Waals surface area (Å²) in [6.45, 7) is 12.5. The average molecular weight is 366 g/mol. The molecule has 0 aromatic heterocycles. The summed E-state index contributed by atoms with van der Waals surface area (Å²) in [4.78, 5) is 14.9. The summed E-state index contributed by atoms with van der Waals surface area (Å²) < 4.78 is 5.61. The molecule has 0 aliphatic heterocycles. The zero-order chi connectivity index (χ0) is 19.9. The van der Waals surface area contributed by atoms with Crippen molar-refractivity contribution >= 4 is 5.97 Å². The molecule has 0 N–H and O–H groups in total. The normalized spacial score (nSPS) is 13.8. The molecule has 0 spiro atoms. The van der Waals surface area contributed by atoms with Crippen LogP contribution in [0.3, 0.4) is 0 Å². The van der Waals surface area contributed by atoms with E-state index in [0.717, 1.165) is 5.56 Å². The Bertz CT molecular complexity index is 719. The minimum atomic E-state index is -0.493. The quantitative estimate of drug-likeness (QED) is 0.443. The van der Waals surface area contributed by atoms with Crippen molar-refractivity contribution in [2.45, 2.75) is 51.8 Å². The van der Waals surface area contributed by atoms with E-state index >= 15 is 0 Å². The lowest BCUT2D eigenvalue weighted by atomic mass is 9.97. The van der Waals surface area contributed by atoms with Crippen molar-refractivity contribution < 1.29 is 9.53 Å². The molecule has 0 bridgehead atoms. The van der Waals surface area contributed by atoms with Gasteiger partial charge in [-0.05, 0) is 38.8 Å². The van der Waals surface area contributed by atoms with Crippen LogP contribution in [0.4, 0.5) is 0 Å². The number of carbonyl (C=O) groups excluding carboxylic acids is 1. The van der Waals surface area contributed by atoms with Gasteiger partial charge in [0.2, 0.25) is 0 Å². The van der Waals surface area contributed by atoms with E-state index in [-0.39, 0.29) is 18.1 Å². The van der Waals surface area contributed by atoms with Gasteiger partial charge in [-0.3, -0.25) is 9.69 Å². The van der Waals surface area contributed by atoms with E-state index in [0.29, 0.717) is 13.0 Å². The molecule has 0 amide bonds. The number of carbonyl (C=O) groups is 1. The van der Waals surface area contributed by atoms with Gasteiger partial charge < -0.3 is 4.74 Å². The summed E-state index contributed by atoms with van der Waals surface area (Å²) in [6, 6.07) is 20.6. The largest absolute Gasteiger partial charge is 0.460 e. The van der Waals surface area contributed by atoms with E-state index in [1.54, 1.807) is 0 Å². The lowest BCUT2D eigenvalue weighted by Crippen LogP contribution is -2.35. The Balaban J connectivity index is 2.36. The summed E-state index contributed by atoms with van der Waals surface area (Å²) >= 11 is 0. The highest BCUT2D eigenvalue weighted by molar-refractivity contribution is 5.71. The van der Waals surface area contributed by atoms with Crippen LogP contribution in [0.5, 0.6) is 0 Å². The van der Waals surface area contributed by atoms with Gasteiger partial charge in [0.15, 0.2) is 0 Å². The molecule has 0 aliphatic rings. The minimum absolute atomic E-state index is 0.0887. The molecule has 144 valence electrons. The Labute approximate surface area is 163 Å². The Kier molecular flexibility index (Phi) is 7.37. The van der Waals surface area contributed by atoms with Gasteiger partial charge in [-0.1, -0.05) is 66.7 Å². The van der Waals surface area contributed by atoms with E-state index in [4.69, 9.17) is 4.74 Å². The van der Waals surface area contributed by atoms with Crippen LogP contribution in [0.1, 0.15) is 57.3 Å². The maximum absolute atomic E-state index is 12.6. The minimum Gasteiger partial charge on any atom is -0.460 e. The highest BCUT2D eigenvalue weighted by atomic mass is 16.6. The molecule has 0 saturated heterocycles. The molecule has 0 aliphatic carbocycles. The number of ether oxygens (including phenoxy) is 1. The Morgan fingerprint density at radius 3 is 2.04 bits per heavy atom. The molecule has 0 radical (unpaired) electrons. The van der Waals surface area contributed by atoms with Gasteiger partial charge in [0.05, 0.1) is 6.42 Å². The van der Waals surface area contributed by atoms with Crippen molar-refractivity contribution in [1.29, 1.82) is 0 Å². The SMILES string of the molecule is C=CCN([C@H](CC(=O)OC(C)(C)C)c1ccccc1)[C@@H](C)c1ccccc1. The van der Waals surface area contributed by atoms with Gasteiger partial charge in [-0.25, -0.2) is 0 Å². The molecule has 0 saturated carbocycles. The third-order valence-electron chi connectivity index (χ3n) is 4.48. The number of rotatable bonds is 8. The first kappa shape index (κ1) is 20.9. The van der Waals surface area contributed by atoms with Crippen molar-refractivity contribution in [3.63, 3.8) is 0 Å². The first-order valence-corrected chi connectivity index (χ1v) is 9.50. The molecule has 2 aromatic rings. The summed E-state index contributed by atoms with van der Waals surface area (Å²) in [6.07, 6.45) is 2.19. The second-order valence-corrected chi connectivity index (χ2v) is 7.79. The first-order chi connectivity index (χ1) is 12.8. The highest BCUT2D eigenvalue weighted by Gasteiger charge is 2.29. The fraction of sp³-hybridized carbons (Fsp3) is 0.375. The van der Waals surface area contributed by atoms with Crippen LogP contribution >= 0.6 is 0 Å². The van der Waals surface area contributed by atoms with Crippen LogP contribution in [-0.2, 0) is 9.53 Å². The van der Waals surface area contributed by atoms with E-state index in [9.17, 15) is 4.79 Å². The Hall–Kier alpha value is -2.39. The van der Waals surface area contributed by atoms with Crippen molar-refractivity contribution in [1.82, 2.24) is 4.90 Å². The van der Waals surface area contributed by atoms with Crippen LogP contribution in [0.2, 0.25) is 0 Å². The van der Waals surface area contributed by atoms with Crippen molar-refractivity contribution in [3.05, 3.63) is 84.4 Å². The second-order valence-electron chi connectivity index (χ2n) is 7.79. The van der Waals surface area contributed by atoms with E-state index in [1.165, 1.54) is 5.56 Å². The highest BCUT2D eigenvalue weighted by Crippen LogP contribution is 2.33. The fourth-order valence-corrected chi connectivity index (χ4v) is 3.27. The standard InChI is InChI=1S/C24H31NO2/c1-6-17-25(19(2)20-13-9-7-10-14-20)22(21-15-11-8-12-16-21)18-23(26)27-24(3,4)5/h6-16,19,22H,1,17-18H2,2-5H3/t19-,22+/m0/s1. The lowest BCUT2D eigenvalue weighted by molar-refractivity contribution is -0.156.